The van der Waals surface area contributed by atoms with Crippen molar-refractivity contribution in [3.8, 4) is 0 Å². The second kappa shape index (κ2) is 3.93. The summed E-state index contributed by atoms with van der Waals surface area (Å²) in [6.07, 6.45) is 0.339. The largest absolute Gasteiger partial charge is 0.344 e. The number of hydrogen-bond acceptors (Lipinski definition) is 5. The van der Waals surface area contributed by atoms with Gasteiger partial charge in [-0.2, -0.15) is 0 Å². The van der Waals surface area contributed by atoms with Crippen LogP contribution in [0.1, 0.15) is 6.42 Å². The first-order valence-corrected chi connectivity index (χ1v) is 5.78. The molecule has 1 aliphatic heterocycles. The number of hydrogen-bond donors (Lipinski definition) is 3. The lowest BCUT2D eigenvalue weighted by Crippen LogP contribution is -2.47. The van der Waals surface area contributed by atoms with Gasteiger partial charge < -0.3 is 5.32 Å². The van der Waals surface area contributed by atoms with E-state index in [1.807, 2.05) is 0 Å². The Morgan fingerprint density at radius 1 is 1.29 bits per heavy atom. The lowest BCUT2D eigenvalue weighted by molar-refractivity contribution is -0.139. The van der Waals surface area contributed by atoms with E-state index in [2.05, 4.69) is 5.32 Å². The molecule has 14 heavy (non-hydrogen) atoms. The summed E-state index contributed by atoms with van der Waals surface area (Å²) in [6, 6.07) is -0.482. The summed E-state index contributed by atoms with van der Waals surface area (Å²) in [5.74, 6) is 2.77. The third kappa shape index (κ3) is 2.67. The molecule has 0 saturated carbocycles. The van der Waals surface area contributed by atoms with E-state index in [1.165, 1.54) is 0 Å². The molecular weight excluding hydrogens is 210 g/mol. The predicted molar refractivity (Wildman–Crippen MR) is 47.5 cm³/mol. The fraction of sp³-hybridized carbons (Fsp3) is 0.667. The maximum Gasteiger partial charge on any atom is 0.323 e. The zero-order valence-corrected chi connectivity index (χ0v) is 8.13. The van der Waals surface area contributed by atoms with Gasteiger partial charge in [-0.1, -0.05) is 0 Å². The van der Waals surface area contributed by atoms with E-state index in [9.17, 15) is 18.0 Å². The van der Waals surface area contributed by atoms with Crippen molar-refractivity contribution in [2.24, 2.45) is 5.84 Å². The minimum atomic E-state index is -3.05. The van der Waals surface area contributed by atoms with Crippen LogP contribution in [0.4, 0.5) is 0 Å². The predicted octanol–water partition coefficient (Wildman–Crippen LogP) is -2.72. The zero-order valence-electron chi connectivity index (χ0n) is 7.32. The van der Waals surface area contributed by atoms with E-state index in [1.54, 1.807) is 5.43 Å². The van der Waals surface area contributed by atoms with Gasteiger partial charge in [0.25, 0.3) is 0 Å². The van der Waals surface area contributed by atoms with Gasteiger partial charge in [0.2, 0.25) is 0 Å². The van der Waals surface area contributed by atoms with E-state index in [4.69, 9.17) is 5.84 Å². The minimum Gasteiger partial charge on any atom is -0.344 e. The number of amides is 2. The molecule has 1 unspecified atom stereocenters. The standard InChI is InChI=1S/C6H11N3O4S/c7-9-6(11)5(10)8-4-1-2-14(12,13)3-4/h4H,1-3,7H2,(H,8,10)(H,9,11). The first-order valence-electron chi connectivity index (χ1n) is 3.96. The molecule has 7 nitrogen and oxygen atoms in total. The Kier molecular flexibility index (Phi) is 3.06. The smallest absolute Gasteiger partial charge is 0.323 e. The highest BCUT2D eigenvalue weighted by atomic mass is 32.2. The zero-order chi connectivity index (χ0) is 10.8. The molecule has 80 valence electrons. The van der Waals surface area contributed by atoms with E-state index < -0.39 is 27.7 Å². The number of carbonyl (C=O) groups is 2. The molecule has 0 aromatic rings. The molecule has 1 rings (SSSR count). The van der Waals surface area contributed by atoms with Crippen LogP contribution in [0.3, 0.4) is 0 Å². The second-order valence-electron chi connectivity index (χ2n) is 3.05. The summed E-state index contributed by atoms with van der Waals surface area (Å²) in [7, 11) is -3.05. The number of hydrazine groups is 1. The van der Waals surface area contributed by atoms with Crippen molar-refractivity contribution in [2.75, 3.05) is 11.5 Å². The van der Waals surface area contributed by atoms with Crippen LogP contribution in [0, 0.1) is 0 Å². The summed E-state index contributed by atoms with van der Waals surface area (Å²) >= 11 is 0. The van der Waals surface area contributed by atoms with E-state index in [0.29, 0.717) is 6.42 Å². The summed E-state index contributed by atoms with van der Waals surface area (Å²) in [5.41, 5.74) is 1.66. The first-order chi connectivity index (χ1) is 6.44. The van der Waals surface area contributed by atoms with Crippen molar-refractivity contribution < 1.29 is 18.0 Å². The molecule has 0 aromatic carbocycles. The van der Waals surface area contributed by atoms with Gasteiger partial charge >= 0.3 is 11.8 Å². The van der Waals surface area contributed by atoms with Gasteiger partial charge in [0, 0.05) is 6.04 Å². The van der Waals surface area contributed by atoms with Crippen LogP contribution >= 0.6 is 0 Å². The van der Waals surface area contributed by atoms with E-state index in [-0.39, 0.29) is 11.5 Å². The molecule has 1 heterocycles. The number of nitrogens with two attached hydrogens (primary N) is 1. The van der Waals surface area contributed by atoms with Gasteiger partial charge in [0.1, 0.15) is 0 Å². The number of carbonyl (C=O) groups excluding carboxylic acids is 2. The Morgan fingerprint density at radius 2 is 1.93 bits per heavy atom. The molecule has 0 spiro atoms. The van der Waals surface area contributed by atoms with Crippen molar-refractivity contribution in [1.29, 1.82) is 0 Å². The Morgan fingerprint density at radius 3 is 2.36 bits per heavy atom. The van der Waals surface area contributed by atoms with Gasteiger partial charge in [-0.15, -0.1) is 0 Å². The van der Waals surface area contributed by atoms with Gasteiger partial charge in [-0.3, -0.25) is 15.0 Å². The fourth-order valence-corrected chi connectivity index (χ4v) is 2.90. The summed E-state index contributed by atoms with van der Waals surface area (Å²) in [5, 5.41) is 2.28. The fourth-order valence-electron chi connectivity index (χ4n) is 1.23. The molecule has 0 bridgehead atoms. The number of sulfone groups is 1. The molecular formula is C6H11N3O4S. The van der Waals surface area contributed by atoms with Gasteiger partial charge in [-0.05, 0) is 6.42 Å². The van der Waals surface area contributed by atoms with Crippen LogP contribution in [0.5, 0.6) is 0 Å². The SMILES string of the molecule is NNC(=O)C(=O)NC1CCS(=O)(=O)C1. The minimum absolute atomic E-state index is 0.0438. The van der Waals surface area contributed by atoms with Gasteiger partial charge in [-0.25, -0.2) is 14.3 Å². The molecule has 4 N–H and O–H groups in total. The van der Waals surface area contributed by atoms with Gasteiger partial charge in [0.15, 0.2) is 9.84 Å². The number of rotatable bonds is 1. The average Bonchev–Trinajstić information content (AvgIpc) is 2.44. The highest BCUT2D eigenvalue weighted by Crippen LogP contribution is 2.10. The average molecular weight is 221 g/mol. The van der Waals surface area contributed by atoms with Crippen molar-refractivity contribution in [2.45, 2.75) is 12.5 Å². The maximum absolute atomic E-state index is 11.0. The first kappa shape index (κ1) is 10.9. The lowest BCUT2D eigenvalue weighted by atomic mass is 10.2. The lowest BCUT2D eigenvalue weighted by Gasteiger charge is -2.08. The van der Waals surface area contributed by atoms with Gasteiger partial charge in [0.05, 0.1) is 11.5 Å². The highest BCUT2D eigenvalue weighted by Gasteiger charge is 2.30. The second-order valence-corrected chi connectivity index (χ2v) is 5.28. The van der Waals surface area contributed by atoms with Crippen LogP contribution in [-0.4, -0.2) is 37.8 Å². The molecule has 0 radical (unpaired) electrons. The number of nitrogens with one attached hydrogen (secondary N) is 2. The molecule has 1 atom stereocenters. The Hall–Kier alpha value is -1.15. The summed E-state index contributed by atoms with van der Waals surface area (Å²) in [6.45, 7) is 0. The normalized spacial score (nSPS) is 24.2. The molecule has 1 saturated heterocycles. The molecule has 0 aliphatic carbocycles. The third-order valence-electron chi connectivity index (χ3n) is 1.90. The van der Waals surface area contributed by atoms with Crippen LogP contribution < -0.4 is 16.6 Å². The molecule has 1 fully saturated rings. The molecule has 0 aromatic heterocycles. The molecule has 8 heteroatoms. The Balaban J connectivity index is 2.48. The van der Waals surface area contributed by atoms with Crippen LogP contribution in [0.25, 0.3) is 0 Å². The van der Waals surface area contributed by atoms with Crippen molar-refractivity contribution >= 4 is 21.7 Å². The van der Waals surface area contributed by atoms with Crippen LogP contribution in [0.2, 0.25) is 0 Å². The van der Waals surface area contributed by atoms with Crippen LogP contribution in [-0.2, 0) is 19.4 Å². The van der Waals surface area contributed by atoms with E-state index >= 15 is 0 Å². The monoisotopic (exact) mass is 221 g/mol. The van der Waals surface area contributed by atoms with Crippen molar-refractivity contribution in [3.63, 3.8) is 0 Å². The molecule has 2 amide bonds. The quantitative estimate of drug-likeness (QED) is 0.192. The summed E-state index contributed by atoms with van der Waals surface area (Å²) in [4.78, 5) is 21.6. The Bertz CT molecular complexity index is 350. The van der Waals surface area contributed by atoms with Crippen molar-refractivity contribution in [1.82, 2.24) is 10.7 Å². The van der Waals surface area contributed by atoms with E-state index in [0.717, 1.165) is 0 Å². The van der Waals surface area contributed by atoms with Crippen molar-refractivity contribution in [3.05, 3.63) is 0 Å². The maximum atomic E-state index is 11.0. The Labute approximate surface area is 80.9 Å². The van der Waals surface area contributed by atoms with Crippen LogP contribution in [0.15, 0.2) is 0 Å². The topological polar surface area (TPSA) is 118 Å². The molecule has 1 aliphatic rings. The summed E-state index contributed by atoms with van der Waals surface area (Å²) < 4.78 is 22.0. The third-order valence-corrected chi connectivity index (χ3v) is 3.67. The highest BCUT2D eigenvalue weighted by molar-refractivity contribution is 7.91.